The summed E-state index contributed by atoms with van der Waals surface area (Å²) in [7, 11) is 3.13. The highest BCUT2D eigenvalue weighted by molar-refractivity contribution is 8.04. The van der Waals surface area contributed by atoms with E-state index in [2.05, 4.69) is 10.2 Å². The minimum atomic E-state index is -1.10. The van der Waals surface area contributed by atoms with E-state index in [1.54, 1.807) is 44.6 Å². The highest BCUT2D eigenvalue weighted by Gasteiger charge is 2.19. The number of methoxy groups -OCH3 is 2. The van der Waals surface area contributed by atoms with E-state index in [-0.39, 0.29) is 11.5 Å². The molecule has 10 heteroatoms. The van der Waals surface area contributed by atoms with Crippen molar-refractivity contribution in [3.63, 3.8) is 0 Å². The fourth-order valence-electron chi connectivity index (χ4n) is 2.99. The maximum atomic E-state index is 12.0. The summed E-state index contributed by atoms with van der Waals surface area (Å²) in [6.45, 7) is 2.36. The Morgan fingerprint density at radius 3 is 2.48 bits per heavy atom. The Labute approximate surface area is 195 Å². The maximum Gasteiger partial charge on any atom is 0.342 e. The molecular weight excluding hydrogens is 444 g/mol. The number of benzene rings is 2. The third-order valence-corrected chi connectivity index (χ3v) is 5.51. The summed E-state index contributed by atoms with van der Waals surface area (Å²) < 4.78 is 17.8. The van der Waals surface area contributed by atoms with Crippen LogP contribution < -0.4 is 14.2 Å². The van der Waals surface area contributed by atoms with Gasteiger partial charge in [0.25, 0.3) is 0 Å². The number of aliphatic carboxylic acids is 1. The monoisotopic (exact) mass is 466 g/mol. The Bertz CT molecular complexity index is 1190. The number of nitriles is 1. The molecule has 170 valence electrons. The zero-order valence-corrected chi connectivity index (χ0v) is 19.1. The molecule has 1 aromatic heterocycles. The summed E-state index contributed by atoms with van der Waals surface area (Å²) >= 11 is 0.997. The molecule has 0 aliphatic rings. The van der Waals surface area contributed by atoms with Gasteiger partial charge in [-0.1, -0.05) is 12.1 Å². The van der Waals surface area contributed by atoms with Crippen molar-refractivity contribution in [2.24, 2.45) is 0 Å². The first-order valence-electron chi connectivity index (χ1n) is 9.88. The van der Waals surface area contributed by atoms with Gasteiger partial charge >= 0.3 is 5.97 Å². The van der Waals surface area contributed by atoms with Gasteiger partial charge in [-0.25, -0.2) is 4.79 Å². The molecule has 3 aromatic rings. The van der Waals surface area contributed by atoms with Crippen LogP contribution in [0.4, 0.5) is 0 Å². The highest BCUT2D eigenvalue weighted by atomic mass is 32.2. The molecule has 0 unspecified atom stereocenters. The van der Waals surface area contributed by atoms with Crippen LogP contribution in [0.3, 0.4) is 0 Å². The molecule has 0 atom stereocenters. The molecule has 0 spiro atoms. The molecule has 2 aromatic carbocycles. The van der Waals surface area contributed by atoms with E-state index in [0.717, 1.165) is 17.3 Å². The number of hydrogen-bond donors (Lipinski definition) is 1. The minimum absolute atomic E-state index is 0.0595. The van der Waals surface area contributed by atoms with Gasteiger partial charge in [-0.2, -0.15) is 5.26 Å². The van der Waals surface area contributed by atoms with Crippen molar-refractivity contribution in [3.8, 4) is 34.7 Å². The lowest BCUT2D eigenvalue weighted by molar-refractivity contribution is -0.131. The van der Waals surface area contributed by atoms with Crippen LogP contribution >= 0.6 is 11.8 Å². The topological polar surface area (TPSA) is 119 Å². The number of thioether (sulfide) groups is 1. The summed E-state index contributed by atoms with van der Waals surface area (Å²) in [6.07, 6.45) is 1.52. The van der Waals surface area contributed by atoms with E-state index >= 15 is 0 Å². The van der Waals surface area contributed by atoms with Crippen LogP contribution in [0.5, 0.6) is 17.2 Å². The van der Waals surface area contributed by atoms with Gasteiger partial charge in [-0.15, -0.1) is 10.2 Å². The summed E-state index contributed by atoms with van der Waals surface area (Å²) in [5.74, 6) is 1.15. The number of rotatable bonds is 10. The Morgan fingerprint density at radius 2 is 1.88 bits per heavy atom. The number of nitrogens with zero attached hydrogens (tertiary/aromatic N) is 4. The molecule has 3 rings (SSSR count). The maximum absolute atomic E-state index is 12.0. The van der Waals surface area contributed by atoms with Gasteiger partial charge in [0.1, 0.15) is 28.2 Å². The standard InChI is InChI=1S/C23H22N4O5S/c1-4-27-21(16-12-18(30-2)14-19(13-16)31-3)25-26-23(27)33-20(22(28)29)11-15-6-5-7-17(10-15)32-9-8-24/h5-7,10-14H,4,9H2,1-3H3,(H,28,29)/b20-11-. The Balaban J connectivity index is 1.95. The number of carbonyl (C=O) groups is 1. The quantitative estimate of drug-likeness (QED) is 0.348. The van der Waals surface area contributed by atoms with Crippen molar-refractivity contribution in [2.75, 3.05) is 20.8 Å². The van der Waals surface area contributed by atoms with E-state index in [0.29, 0.717) is 40.3 Å². The van der Waals surface area contributed by atoms with Crippen LogP contribution in [0.25, 0.3) is 17.5 Å². The van der Waals surface area contributed by atoms with Crippen molar-refractivity contribution >= 4 is 23.8 Å². The van der Waals surface area contributed by atoms with Crippen LogP contribution in [-0.4, -0.2) is 46.7 Å². The normalized spacial score (nSPS) is 11.0. The molecule has 0 aliphatic carbocycles. The lowest BCUT2D eigenvalue weighted by Gasteiger charge is -2.10. The molecule has 0 radical (unpaired) electrons. The average molecular weight is 467 g/mol. The molecule has 0 saturated carbocycles. The van der Waals surface area contributed by atoms with Crippen LogP contribution in [0.1, 0.15) is 12.5 Å². The van der Waals surface area contributed by atoms with Gasteiger partial charge in [0, 0.05) is 18.2 Å². The summed E-state index contributed by atoms with van der Waals surface area (Å²) in [6, 6.07) is 14.1. The molecule has 33 heavy (non-hydrogen) atoms. The van der Waals surface area contributed by atoms with Crippen molar-refractivity contribution in [1.82, 2.24) is 14.8 Å². The number of aromatic nitrogens is 3. The molecule has 0 bridgehead atoms. The SMILES string of the molecule is CCn1c(S/C(=C\c2cccc(OCC#N)c2)C(=O)O)nnc1-c1cc(OC)cc(OC)c1. The second-order valence-corrected chi connectivity index (χ2v) is 7.60. The minimum Gasteiger partial charge on any atom is -0.497 e. The molecule has 0 amide bonds. The Morgan fingerprint density at radius 1 is 1.15 bits per heavy atom. The first-order chi connectivity index (χ1) is 16.0. The Hall–Kier alpha value is -3.97. The van der Waals surface area contributed by atoms with Gasteiger partial charge in [-0.05, 0) is 54.6 Å². The molecule has 0 fully saturated rings. The van der Waals surface area contributed by atoms with E-state index < -0.39 is 5.97 Å². The number of ether oxygens (including phenoxy) is 3. The number of hydrogen-bond acceptors (Lipinski definition) is 8. The van der Waals surface area contributed by atoms with Crippen LogP contribution in [-0.2, 0) is 11.3 Å². The summed E-state index contributed by atoms with van der Waals surface area (Å²) in [4.78, 5) is 12.0. The molecule has 0 aliphatic heterocycles. The number of carboxylic acid groups (broad SMARTS) is 1. The first-order valence-corrected chi connectivity index (χ1v) is 10.7. The largest absolute Gasteiger partial charge is 0.497 e. The van der Waals surface area contributed by atoms with Crippen molar-refractivity contribution in [2.45, 2.75) is 18.6 Å². The Kier molecular flexibility index (Phi) is 7.94. The van der Waals surface area contributed by atoms with Crippen molar-refractivity contribution < 1.29 is 24.1 Å². The van der Waals surface area contributed by atoms with Gasteiger partial charge in [0.05, 0.1) is 14.2 Å². The predicted molar refractivity (Wildman–Crippen MR) is 123 cm³/mol. The van der Waals surface area contributed by atoms with Crippen LogP contribution in [0.2, 0.25) is 0 Å². The lowest BCUT2D eigenvalue weighted by Crippen LogP contribution is -2.03. The molecule has 0 saturated heterocycles. The fraction of sp³-hybridized carbons (Fsp3) is 0.217. The zero-order valence-electron chi connectivity index (χ0n) is 18.3. The first kappa shape index (κ1) is 23.7. The van der Waals surface area contributed by atoms with Crippen molar-refractivity contribution in [3.05, 3.63) is 52.9 Å². The predicted octanol–water partition coefficient (Wildman–Crippen LogP) is 4.10. The van der Waals surface area contributed by atoms with Gasteiger partial charge in [-0.3, -0.25) is 0 Å². The average Bonchev–Trinajstić information content (AvgIpc) is 3.24. The fourth-order valence-corrected chi connectivity index (χ4v) is 3.88. The van der Waals surface area contributed by atoms with Crippen LogP contribution in [0.15, 0.2) is 52.5 Å². The zero-order chi connectivity index (χ0) is 23.8. The molecule has 1 heterocycles. The second-order valence-electron chi connectivity index (χ2n) is 6.59. The van der Waals surface area contributed by atoms with E-state index in [4.69, 9.17) is 19.5 Å². The van der Waals surface area contributed by atoms with Gasteiger partial charge < -0.3 is 23.9 Å². The van der Waals surface area contributed by atoms with E-state index in [1.165, 1.54) is 6.08 Å². The highest BCUT2D eigenvalue weighted by Crippen LogP contribution is 2.33. The summed E-state index contributed by atoms with van der Waals surface area (Å²) in [5, 5.41) is 27.4. The molecular formula is C23H22N4O5S. The second kappa shape index (κ2) is 11.1. The molecule has 9 nitrogen and oxygen atoms in total. The smallest absolute Gasteiger partial charge is 0.342 e. The number of carboxylic acids is 1. The van der Waals surface area contributed by atoms with E-state index in [1.807, 2.05) is 29.7 Å². The molecule has 1 N–H and O–H groups in total. The van der Waals surface area contributed by atoms with Gasteiger partial charge in [0.15, 0.2) is 17.6 Å². The van der Waals surface area contributed by atoms with Crippen LogP contribution in [0, 0.1) is 11.3 Å². The third kappa shape index (κ3) is 5.84. The lowest BCUT2D eigenvalue weighted by atomic mass is 10.2. The summed E-state index contributed by atoms with van der Waals surface area (Å²) in [5.41, 5.74) is 1.35. The third-order valence-electron chi connectivity index (χ3n) is 4.51. The van der Waals surface area contributed by atoms with Gasteiger partial charge in [0.2, 0.25) is 0 Å². The van der Waals surface area contributed by atoms with Crippen molar-refractivity contribution in [1.29, 1.82) is 5.26 Å². The van der Waals surface area contributed by atoms with E-state index in [9.17, 15) is 9.90 Å².